The third-order valence-electron chi connectivity index (χ3n) is 4.89. The fourth-order valence-corrected chi connectivity index (χ4v) is 5.53. The molecule has 20 heteroatoms. The molecule has 2 aromatic heterocycles. The maximum absolute atomic E-state index is 12.0. The molecule has 0 aliphatic heterocycles. The van der Waals surface area contributed by atoms with Crippen LogP contribution in [0.5, 0.6) is 0 Å². The smallest absolute Gasteiger partial charge is 0.744 e. The summed E-state index contributed by atoms with van der Waals surface area (Å²) in [4.78, 5) is 13.9. The second kappa shape index (κ2) is 15.3. The quantitative estimate of drug-likeness (QED) is 0.0776. The van der Waals surface area contributed by atoms with E-state index in [2.05, 4.69) is 30.6 Å². The first kappa shape index (κ1) is 37.1. The van der Waals surface area contributed by atoms with Crippen molar-refractivity contribution >= 4 is 102 Å². The van der Waals surface area contributed by atoms with E-state index in [1.165, 1.54) is 48.6 Å². The standard InChI is InChI=1S/C22H14Cl4N6O6S2.2Na/c23-17-9-19(31-21(25)29-17)27-13-5-3-11(15(7-13)39(33,34)35)1-2-12-4-6-14(8-16(12)40(36,37)38)28-20-10-18(24)30-22(26)32-20;;/h1-10H,(H,27,29,31)(H,28,30,32)(H,33,34,35)(H,36,37,38);;/q;2*+1/p-2/b2-1+;;. The van der Waals surface area contributed by atoms with Crippen LogP contribution in [0.1, 0.15) is 11.1 Å². The second-order valence-electron chi connectivity index (χ2n) is 7.69. The van der Waals surface area contributed by atoms with Gasteiger partial charge in [0.15, 0.2) is 0 Å². The van der Waals surface area contributed by atoms with E-state index in [4.69, 9.17) is 46.4 Å². The molecule has 0 bridgehead atoms. The zero-order valence-electron chi connectivity index (χ0n) is 21.3. The Labute approximate surface area is 304 Å². The minimum atomic E-state index is -5.01. The monoisotopic (exact) mass is 706 g/mol. The first-order valence-corrected chi connectivity index (χ1v) is 14.8. The number of halogens is 4. The molecule has 0 unspecified atom stereocenters. The molecular formula is C22H12Cl4N6Na2O6S2. The van der Waals surface area contributed by atoms with Gasteiger partial charge in [0.1, 0.15) is 42.2 Å². The molecule has 2 heterocycles. The Kier molecular flexibility index (Phi) is 13.5. The molecule has 0 amide bonds. The molecule has 4 rings (SSSR count). The van der Waals surface area contributed by atoms with E-state index in [-0.39, 0.29) is 114 Å². The normalized spacial score (nSPS) is 11.5. The first-order valence-electron chi connectivity index (χ1n) is 10.5. The molecule has 0 radical (unpaired) electrons. The first-order chi connectivity index (χ1) is 18.7. The van der Waals surface area contributed by atoms with Gasteiger partial charge in [0.2, 0.25) is 10.6 Å². The molecule has 0 saturated heterocycles. The van der Waals surface area contributed by atoms with Crippen molar-refractivity contribution in [2.24, 2.45) is 0 Å². The fourth-order valence-electron chi connectivity index (χ4n) is 3.32. The van der Waals surface area contributed by atoms with Gasteiger partial charge in [0.25, 0.3) is 0 Å². The number of aromatic nitrogens is 4. The van der Waals surface area contributed by atoms with Crippen LogP contribution in [0.2, 0.25) is 20.9 Å². The Morgan fingerprint density at radius 1 is 0.595 bits per heavy atom. The molecule has 208 valence electrons. The summed E-state index contributed by atoms with van der Waals surface area (Å²) in [6.45, 7) is 0. The van der Waals surface area contributed by atoms with Crippen LogP contribution in [0.4, 0.5) is 23.0 Å². The van der Waals surface area contributed by atoms with Gasteiger partial charge >= 0.3 is 59.1 Å². The molecule has 0 spiro atoms. The summed E-state index contributed by atoms with van der Waals surface area (Å²) in [6, 6.07) is 10.2. The molecular weight excluding hydrogens is 696 g/mol. The van der Waals surface area contributed by atoms with Crippen LogP contribution in [-0.2, 0) is 20.2 Å². The van der Waals surface area contributed by atoms with Gasteiger partial charge in [-0.2, -0.15) is 0 Å². The average Bonchev–Trinajstić information content (AvgIpc) is 2.81. The number of nitrogens with one attached hydrogen (secondary N) is 2. The van der Waals surface area contributed by atoms with E-state index in [0.717, 1.165) is 12.1 Å². The van der Waals surface area contributed by atoms with E-state index >= 15 is 0 Å². The maximum Gasteiger partial charge on any atom is 1.00 e. The molecule has 0 fully saturated rings. The van der Waals surface area contributed by atoms with E-state index in [0.29, 0.717) is 0 Å². The summed E-state index contributed by atoms with van der Waals surface area (Å²) in [5.74, 6) is 0.265. The van der Waals surface area contributed by atoms with Gasteiger partial charge < -0.3 is 19.7 Å². The Morgan fingerprint density at radius 2 is 0.952 bits per heavy atom. The number of hydrogen-bond acceptors (Lipinski definition) is 12. The van der Waals surface area contributed by atoms with Gasteiger partial charge in [0.05, 0.1) is 9.79 Å². The number of benzene rings is 2. The minimum absolute atomic E-state index is 0. The zero-order valence-corrected chi connectivity index (χ0v) is 30.0. The van der Waals surface area contributed by atoms with Gasteiger partial charge in [-0.05, 0) is 58.6 Å². The molecule has 42 heavy (non-hydrogen) atoms. The molecule has 4 aromatic rings. The summed E-state index contributed by atoms with van der Waals surface area (Å²) in [6.07, 6.45) is 2.35. The third kappa shape index (κ3) is 10.2. The predicted octanol–water partition coefficient (Wildman–Crippen LogP) is -0.646. The van der Waals surface area contributed by atoms with Crippen LogP contribution in [0.3, 0.4) is 0 Å². The summed E-state index contributed by atoms with van der Waals surface area (Å²) in [5.41, 5.74) is 0.142. The maximum atomic E-state index is 12.0. The summed E-state index contributed by atoms with van der Waals surface area (Å²) >= 11 is 23.2. The molecule has 12 nitrogen and oxygen atoms in total. The second-order valence-corrected chi connectivity index (χ2v) is 11.8. The number of nitrogens with zero attached hydrogens (tertiary/aromatic N) is 4. The van der Waals surface area contributed by atoms with Crippen LogP contribution in [0.25, 0.3) is 12.2 Å². The Balaban J connectivity index is 0.00000308. The van der Waals surface area contributed by atoms with Gasteiger partial charge in [0, 0.05) is 23.5 Å². The Morgan fingerprint density at radius 3 is 1.26 bits per heavy atom. The van der Waals surface area contributed by atoms with Crippen molar-refractivity contribution in [2.75, 3.05) is 10.6 Å². The van der Waals surface area contributed by atoms with E-state index in [1.807, 2.05) is 0 Å². The van der Waals surface area contributed by atoms with Gasteiger partial charge in [-0.25, -0.2) is 36.8 Å². The summed E-state index contributed by atoms with van der Waals surface area (Å²) < 4.78 is 72.0. The SMILES string of the molecule is O=S(=O)([O-])c1cc(Nc2cc(Cl)nc(Cl)n2)ccc1/C=C/c1ccc(Nc2cc(Cl)nc(Cl)n2)cc1S(=O)(=O)[O-].[Na+].[Na+]. The van der Waals surface area contributed by atoms with Crippen LogP contribution in [0.15, 0.2) is 58.3 Å². The van der Waals surface area contributed by atoms with E-state index < -0.39 is 30.0 Å². The van der Waals surface area contributed by atoms with Crippen molar-refractivity contribution < 1.29 is 85.1 Å². The zero-order chi connectivity index (χ0) is 29.2. The van der Waals surface area contributed by atoms with Crippen molar-refractivity contribution in [1.82, 2.24) is 19.9 Å². The van der Waals surface area contributed by atoms with Crippen LogP contribution in [0, 0.1) is 0 Å². The molecule has 0 aliphatic rings. The average molecular weight is 708 g/mol. The van der Waals surface area contributed by atoms with Crippen molar-refractivity contribution in [3.8, 4) is 0 Å². The van der Waals surface area contributed by atoms with E-state index in [1.54, 1.807) is 0 Å². The number of hydrogen-bond donors (Lipinski definition) is 2. The Hall–Kier alpha value is -1.08. The van der Waals surface area contributed by atoms with Crippen molar-refractivity contribution in [2.45, 2.75) is 9.79 Å². The van der Waals surface area contributed by atoms with Crippen LogP contribution < -0.4 is 69.7 Å². The number of rotatable bonds is 8. The summed E-state index contributed by atoms with van der Waals surface area (Å²) in [7, 11) is -10.0. The van der Waals surface area contributed by atoms with Crippen molar-refractivity contribution in [3.63, 3.8) is 0 Å². The molecule has 0 aliphatic carbocycles. The molecule has 0 saturated carbocycles. The van der Waals surface area contributed by atoms with Gasteiger partial charge in [-0.3, -0.25) is 0 Å². The Bertz CT molecular complexity index is 1710. The molecule has 0 atom stereocenters. The van der Waals surface area contributed by atoms with Crippen molar-refractivity contribution in [1.29, 1.82) is 0 Å². The van der Waals surface area contributed by atoms with Gasteiger partial charge in [-0.1, -0.05) is 47.5 Å². The predicted molar refractivity (Wildman–Crippen MR) is 148 cm³/mol. The third-order valence-corrected chi connectivity index (χ3v) is 7.40. The minimum Gasteiger partial charge on any atom is -0.744 e. The summed E-state index contributed by atoms with van der Waals surface area (Å²) in [5, 5.41) is 5.23. The van der Waals surface area contributed by atoms with Gasteiger partial charge in [-0.15, -0.1) is 0 Å². The van der Waals surface area contributed by atoms with Crippen molar-refractivity contribution in [3.05, 3.63) is 80.5 Å². The number of anilines is 4. The van der Waals surface area contributed by atoms with Crippen LogP contribution in [-0.4, -0.2) is 45.9 Å². The molecule has 2 aromatic carbocycles. The topological polar surface area (TPSA) is 190 Å². The van der Waals surface area contributed by atoms with Crippen LogP contribution >= 0.6 is 46.4 Å². The largest absolute Gasteiger partial charge is 1.00 e. The molecule has 2 N–H and O–H groups in total. The van der Waals surface area contributed by atoms with E-state index in [9.17, 15) is 25.9 Å². The fraction of sp³-hybridized carbons (Fsp3) is 0.